The van der Waals surface area contributed by atoms with Crippen LogP contribution in [0.1, 0.15) is 182 Å². The predicted octanol–water partition coefficient (Wildman–Crippen LogP) is 6.83. The Bertz CT molecular complexity index is 1450. The van der Waals surface area contributed by atoms with E-state index in [1.165, 1.54) is 11.8 Å². The van der Waals surface area contributed by atoms with Crippen molar-refractivity contribution in [2.75, 3.05) is 20.6 Å². The van der Waals surface area contributed by atoms with Gasteiger partial charge in [-0.25, -0.2) is 4.90 Å². The summed E-state index contributed by atoms with van der Waals surface area (Å²) < 4.78 is 0. The average Bonchev–Trinajstić information content (AvgIpc) is 3.70. The highest BCUT2D eigenvalue weighted by molar-refractivity contribution is 5.96. The van der Waals surface area contributed by atoms with Crippen LogP contribution in [0, 0.1) is 27.6 Å². The van der Waals surface area contributed by atoms with Crippen molar-refractivity contribution in [1.82, 2.24) is 24.9 Å². The summed E-state index contributed by atoms with van der Waals surface area (Å²) in [5.41, 5.74) is -0.679. The quantitative estimate of drug-likeness (QED) is 0.107. The molecule has 1 saturated carbocycles. The Labute approximate surface area is 395 Å². The van der Waals surface area contributed by atoms with E-state index in [1.54, 1.807) is 63.4 Å². The normalized spacial score (nSPS) is 17.0. The Hall–Kier alpha value is -2.57. The topological polar surface area (TPSA) is 218 Å². The van der Waals surface area contributed by atoms with Gasteiger partial charge in [0.05, 0.1) is 0 Å². The highest BCUT2D eigenvalue weighted by Gasteiger charge is 2.34. The number of hydrogen-bond donors (Lipinski definition) is 8. The molecule has 0 saturated heterocycles. The molecule has 1 aromatic carbocycles. The Kier molecular flexibility index (Phi) is 30.1. The Balaban J connectivity index is -0.000000748. The first kappa shape index (κ1) is 66.7. The number of carbonyl (C=O) groups is 3. The van der Waals surface area contributed by atoms with Crippen molar-refractivity contribution in [3.05, 3.63) is 35.9 Å². The largest absolute Gasteiger partial charge is 0.379 e. The summed E-state index contributed by atoms with van der Waals surface area (Å²) >= 11 is 0. The molecule has 65 heavy (non-hydrogen) atoms. The van der Waals surface area contributed by atoms with Crippen molar-refractivity contribution in [3.8, 4) is 0 Å². The molecule has 0 bridgehead atoms. The van der Waals surface area contributed by atoms with E-state index in [0.717, 1.165) is 31.2 Å². The third-order valence-electron chi connectivity index (χ3n) is 10.6. The van der Waals surface area contributed by atoms with Crippen molar-refractivity contribution in [3.63, 3.8) is 0 Å². The first-order valence-corrected chi connectivity index (χ1v) is 23.3. The van der Waals surface area contributed by atoms with Crippen LogP contribution in [-0.2, 0) is 14.4 Å². The monoisotopic (exact) mass is 930 g/mol. The third-order valence-corrected chi connectivity index (χ3v) is 10.6. The third kappa shape index (κ3) is 26.5. The number of carbonyl (C=O) groups excluding carboxylic acids is 3. The molecule has 15 heteroatoms. The number of nitrogens with one attached hydrogen (secondary N) is 1. The van der Waals surface area contributed by atoms with Crippen molar-refractivity contribution in [2.45, 2.75) is 220 Å². The zero-order valence-electron chi connectivity index (χ0n) is 44.9. The second-order valence-corrected chi connectivity index (χ2v) is 22.4. The number of aliphatic hydroxyl groups is 7. The molecule has 0 spiro atoms. The highest BCUT2D eigenvalue weighted by atomic mass is 16.3. The van der Waals surface area contributed by atoms with Crippen LogP contribution in [0.5, 0.6) is 0 Å². The van der Waals surface area contributed by atoms with Crippen molar-refractivity contribution >= 4 is 17.7 Å². The summed E-state index contributed by atoms with van der Waals surface area (Å²) in [6.07, 6.45) is 0.382. The Morgan fingerprint density at radius 3 is 1.32 bits per heavy atom. The number of aliphatic hydroxyl groups excluding tert-OH is 7. The zero-order valence-corrected chi connectivity index (χ0v) is 44.9. The summed E-state index contributed by atoms with van der Waals surface area (Å²) in [5.74, 6) is -0.290. The lowest BCUT2D eigenvalue weighted by Crippen LogP contribution is -2.51. The first-order chi connectivity index (χ1) is 29.1. The molecule has 8 N–H and O–H groups in total. The van der Waals surface area contributed by atoms with Crippen molar-refractivity contribution in [1.29, 1.82) is 0 Å². The second-order valence-electron chi connectivity index (χ2n) is 22.4. The number of benzene rings is 1. The molecule has 384 valence electrons. The maximum Gasteiger partial charge on any atom is 0.231 e. The van der Waals surface area contributed by atoms with Gasteiger partial charge in [-0.05, 0) is 66.5 Å². The highest BCUT2D eigenvalue weighted by Crippen LogP contribution is 2.30. The van der Waals surface area contributed by atoms with Crippen molar-refractivity contribution < 1.29 is 50.1 Å². The lowest BCUT2D eigenvalue weighted by Gasteiger charge is -2.39. The van der Waals surface area contributed by atoms with Crippen LogP contribution in [0.15, 0.2) is 30.3 Å². The minimum Gasteiger partial charge on any atom is -0.379 e. The maximum absolute atomic E-state index is 12.0. The number of nitrogens with zero attached hydrogens (tertiary/aromatic N) is 4. The summed E-state index contributed by atoms with van der Waals surface area (Å²) in [7, 11) is 3.42. The van der Waals surface area contributed by atoms with Gasteiger partial charge in [-0.2, -0.15) is 0 Å². The zero-order chi connectivity index (χ0) is 52.2. The molecule has 0 radical (unpaired) electrons. The number of amides is 3. The Morgan fingerprint density at radius 2 is 1.06 bits per heavy atom. The number of hydrogen-bond acceptors (Lipinski definition) is 13. The second kappa shape index (κ2) is 29.3. The summed E-state index contributed by atoms with van der Waals surface area (Å²) in [4.78, 5) is 39.7. The van der Waals surface area contributed by atoms with E-state index in [2.05, 4.69) is 5.32 Å². The molecule has 7 atom stereocenters. The molecule has 1 aromatic rings. The molecule has 0 aromatic heterocycles. The van der Waals surface area contributed by atoms with Gasteiger partial charge in [0.15, 0.2) is 0 Å². The number of imide groups is 1. The van der Waals surface area contributed by atoms with E-state index in [0.29, 0.717) is 13.0 Å². The van der Waals surface area contributed by atoms with Crippen molar-refractivity contribution in [2.24, 2.45) is 27.6 Å². The van der Waals surface area contributed by atoms with Crippen LogP contribution < -0.4 is 5.32 Å². The molecule has 7 unspecified atom stereocenters. The fraction of sp³-hybridized carbons (Fsp3) is 0.820. The van der Waals surface area contributed by atoms with Crippen LogP contribution in [-0.4, -0.2) is 137 Å². The van der Waals surface area contributed by atoms with E-state index in [-0.39, 0.29) is 45.4 Å². The van der Waals surface area contributed by atoms with Gasteiger partial charge < -0.3 is 40.6 Å². The van der Waals surface area contributed by atoms with Crippen LogP contribution in [0.2, 0.25) is 0 Å². The summed E-state index contributed by atoms with van der Waals surface area (Å²) in [5, 5.41) is 70.4. The summed E-state index contributed by atoms with van der Waals surface area (Å²) in [6, 6.07) is 9.33. The molecular weight excluding hydrogens is 831 g/mol. The minimum absolute atomic E-state index is 0.106. The van der Waals surface area contributed by atoms with Gasteiger partial charge in [-0.15, -0.1) is 0 Å². The van der Waals surface area contributed by atoms with Crippen LogP contribution in [0.25, 0.3) is 0 Å². The molecule has 3 amide bonds. The molecule has 2 rings (SSSR count). The fourth-order valence-corrected chi connectivity index (χ4v) is 6.83. The van der Waals surface area contributed by atoms with Gasteiger partial charge in [0.2, 0.25) is 17.7 Å². The lowest BCUT2D eigenvalue weighted by molar-refractivity contribution is -0.150. The molecule has 0 aliphatic heterocycles. The standard InChI is InChI=1S/C13H21NO2.C12H23NO2.C10H23NO2.C8H19NO2.C7H13NO2/c1-13(2,3)12(16)14(4)11(15)10-8-6-5-7-9-10;1-12(2,3)11(15)13(4)10(14)9-7-5-6-8-9;1-6-8(12)11(7-2)9(13)10(3,4)5;1-6(10)9(7(2)11)8(3,4)5;1-5(9)8-6(10)7(2,3)4/h5-9,11-12,15-16H,1-4H3;9,11,15H,5-8H2,1-4H3;8-9,12-13H,6-7H2,1-5H3;6-7,10-11H,1-5H3;1-4H3,(H,8,9,10). The van der Waals surface area contributed by atoms with E-state index in [4.69, 9.17) is 0 Å². The fourth-order valence-electron chi connectivity index (χ4n) is 6.83. The van der Waals surface area contributed by atoms with E-state index < -0.39 is 49.0 Å². The summed E-state index contributed by atoms with van der Waals surface area (Å²) in [6.45, 7) is 37.8. The van der Waals surface area contributed by atoms with Crippen LogP contribution in [0.4, 0.5) is 0 Å². The molecule has 15 nitrogen and oxygen atoms in total. The van der Waals surface area contributed by atoms with Crippen LogP contribution >= 0.6 is 0 Å². The Morgan fingerprint density at radius 1 is 0.662 bits per heavy atom. The molecule has 1 aliphatic carbocycles. The van der Waals surface area contributed by atoms with Gasteiger partial charge >= 0.3 is 0 Å². The van der Waals surface area contributed by atoms with Gasteiger partial charge in [-0.1, -0.05) is 140 Å². The number of rotatable bonds is 11. The van der Waals surface area contributed by atoms with Gasteiger partial charge in [0.25, 0.3) is 0 Å². The van der Waals surface area contributed by atoms with Gasteiger partial charge in [0, 0.05) is 53.6 Å². The van der Waals surface area contributed by atoms with Gasteiger partial charge in [-0.3, -0.25) is 29.5 Å². The van der Waals surface area contributed by atoms with E-state index in [1.807, 2.05) is 127 Å². The SMILES string of the molecule is CC(=O)NC(=O)C(C)(C)C.CC(O)N(C(C)O)C(C)(C)C.CCC(O)N(CC)C(O)C(C)(C)C.CN(C(=O)C1CCCC1)C(O)C(C)(C)C.CN(C(O)c1ccccc1)C(O)C(C)(C)C. The van der Waals surface area contributed by atoms with Crippen LogP contribution in [0.3, 0.4) is 0 Å². The molecule has 1 fully saturated rings. The first-order valence-electron chi connectivity index (χ1n) is 23.3. The smallest absolute Gasteiger partial charge is 0.231 e. The molecular formula is C50H99N5O10. The van der Waals surface area contributed by atoms with E-state index >= 15 is 0 Å². The molecule has 1 aliphatic rings. The predicted molar refractivity (Wildman–Crippen MR) is 262 cm³/mol. The lowest BCUT2D eigenvalue weighted by atomic mass is 9.92. The minimum atomic E-state index is -0.782. The maximum atomic E-state index is 12.0. The average molecular weight is 930 g/mol. The van der Waals surface area contributed by atoms with E-state index in [9.17, 15) is 50.1 Å². The van der Waals surface area contributed by atoms with Gasteiger partial charge in [0.1, 0.15) is 43.6 Å². The molecule has 0 heterocycles.